The lowest BCUT2D eigenvalue weighted by Crippen LogP contribution is -1.91. The molecule has 0 fully saturated rings. The fourth-order valence-corrected chi connectivity index (χ4v) is 3.45. The predicted octanol–water partition coefficient (Wildman–Crippen LogP) is 6.69. The van der Waals surface area contributed by atoms with Crippen molar-refractivity contribution in [2.75, 3.05) is 0 Å². The summed E-state index contributed by atoms with van der Waals surface area (Å²) in [7, 11) is 0. The first-order valence-corrected chi connectivity index (χ1v) is 9.80. The van der Waals surface area contributed by atoms with Crippen LogP contribution in [0.2, 0.25) is 0 Å². The highest BCUT2D eigenvalue weighted by atomic mass is 32.2. The van der Waals surface area contributed by atoms with Crippen molar-refractivity contribution in [3.63, 3.8) is 0 Å². The molecule has 5 heteroatoms. The van der Waals surface area contributed by atoms with Gasteiger partial charge in [-0.05, 0) is 41.8 Å². The molecule has 138 valence electrons. The van der Waals surface area contributed by atoms with Crippen molar-refractivity contribution in [3.05, 3.63) is 90.5 Å². The highest BCUT2D eigenvalue weighted by molar-refractivity contribution is 7.97. The van der Waals surface area contributed by atoms with Crippen molar-refractivity contribution in [3.8, 4) is 11.5 Å². The molecule has 0 amide bonds. The van der Waals surface area contributed by atoms with Gasteiger partial charge >= 0.3 is 0 Å². The van der Waals surface area contributed by atoms with E-state index in [4.69, 9.17) is 4.74 Å². The van der Waals surface area contributed by atoms with Crippen LogP contribution in [0, 0.1) is 5.82 Å². The van der Waals surface area contributed by atoms with Crippen LogP contribution in [0.1, 0.15) is 19.4 Å². The molecule has 2 aromatic heterocycles. The molecule has 0 bridgehead atoms. The molecule has 0 aliphatic rings. The van der Waals surface area contributed by atoms with E-state index in [-0.39, 0.29) is 5.82 Å². The van der Waals surface area contributed by atoms with E-state index in [0.717, 1.165) is 16.8 Å². The highest BCUT2D eigenvalue weighted by Crippen LogP contribution is 2.31. The van der Waals surface area contributed by atoms with E-state index < -0.39 is 0 Å². The third kappa shape index (κ3) is 4.68. The summed E-state index contributed by atoms with van der Waals surface area (Å²) in [4.78, 5) is 4.46. The number of rotatable bonds is 5. The Labute approximate surface area is 163 Å². The van der Waals surface area contributed by atoms with E-state index >= 15 is 0 Å². The molecule has 0 aliphatic carbocycles. The van der Waals surface area contributed by atoms with Gasteiger partial charge in [-0.15, -0.1) is 0 Å². The topological polar surface area (TPSA) is 27.1 Å². The lowest BCUT2D eigenvalue weighted by Gasteiger charge is -2.08. The number of halogens is 1. The molecule has 2 aromatic carbocycles. The van der Waals surface area contributed by atoms with Crippen LogP contribution in [0.4, 0.5) is 4.39 Å². The maximum absolute atomic E-state index is 13.3. The van der Waals surface area contributed by atoms with Crippen molar-refractivity contribution in [1.82, 2.24) is 8.96 Å². The van der Waals surface area contributed by atoms with E-state index in [0.29, 0.717) is 11.5 Å². The Kier molecular flexibility index (Phi) is 6.49. The third-order valence-corrected chi connectivity index (χ3v) is 4.79. The highest BCUT2D eigenvalue weighted by Gasteiger charge is 2.10. The number of benzene rings is 2. The molecule has 0 radical (unpaired) electrons. The largest absolute Gasteiger partial charge is 0.456 e. The van der Waals surface area contributed by atoms with Gasteiger partial charge in [-0.1, -0.05) is 50.2 Å². The van der Waals surface area contributed by atoms with Crippen LogP contribution in [0.25, 0.3) is 11.0 Å². The van der Waals surface area contributed by atoms with Gasteiger partial charge in [0.05, 0.1) is 5.39 Å². The van der Waals surface area contributed by atoms with E-state index in [1.807, 2.05) is 48.3 Å². The molecule has 0 saturated carbocycles. The van der Waals surface area contributed by atoms with Crippen LogP contribution >= 0.6 is 11.9 Å². The van der Waals surface area contributed by atoms with E-state index in [1.54, 1.807) is 36.3 Å². The summed E-state index contributed by atoms with van der Waals surface area (Å²) in [5.74, 6) is 1.66. The molecule has 0 unspecified atom stereocenters. The minimum absolute atomic E-state index is 0.321. The quantitative estimate of drug-likeness (QED) is 0.386. The standard InChI is InChI=1S/C20H15FN2OS.C2H6/c21-16-7-4-8-17(13-16)24-19-9-11-22-20-18(19)10-12-23(20)25-14-15-5-2-1-3-6-15;1-2/h1-13H,14H2;1-2H3. The number of hydrogen-bond donors (Lipinski definition) is 0. The third-order valence-electron chi connectivity index (χ3n) is 3.75. The van der Waals surface area contributed by atoms with E-state index in [1.165, 1.54) is 17.7 Å². The molecule has 0 atom stereocenters. The summed E-state index contributed by atoms with van der Waals surface area (Å²) in [6, 6.07) is 20.2. The lowest BCUT2D eigenvalue weighted by atomic mass is 10.2. The number of pyridine rings is 1. The van der Waals surface area contributed by atoms with Crippen LogP contribution in [-0.2, 0) is 5.75 Å². The minimum Gasteiger partial charge on any atom is -0.456 e. The first kappa shape index (κ1) is 19.0. The molecule has 0 saturated heterocycles. The van der Waals surface area contributed by atoms with Gasteiger partial charge in [0, 0.05) is 24.2 Å². The number of aromatic nitrogens is 2. The van der Waals surface area contributed by atoms with Gasteiger partial charge in [0.25, 0.3) is 0 Å². The van der Waals surface area contributed by atoms with Crippen LogP contribution in [-0.4, -0.2) is 8.96 Å². The van der Waals surface area contributed by atoms with Crippen LogP contribution < -0.4 is 4.74 Å². The maximum Gasteiger partial charge on any atom is 0.153 e. The second-order valence-electron chi connectivity index (χ2n) is 5.51. The number of hydrogen-bond acceptors (Lipinski definition) is 3. The average molecular weight is 380 g/mol. The van der Waals surface area contributed by atoms with Crippen LogP contribution in [0.15, 0.2) is 79.1 Å². The van der Waals surface area contributed by atoms with E-state index in [2.05, 4.69) is 17.1 Å². The van der Waals surface area contributed by atoms with Crippen LogP contribution in [0.5, 0.6) is 11.5 Å². The molecule has 2 heterocycles. The Morgan fingerprint density at radius 2 is 1.81 bits per heavy atom. The molecule has 0 spiro atoms. The van der Waals surface area contributed by atoms with Gasteiger partial charge in [-0.25, -0.2) is 9.37 Å². The molecule has 27 heavy (non-hydrogen) atoms. The van der Waals surface area contributed by atoms with Gasteiger partial charge in [-0.3, -0.25) is 3.97 Å². The normalized spacial score (nSPS) is 10.3. The smallest absolute Gasteiger partial charge is 0.153 e. The molecule has 0 N–H and O–H groups in total. The molecule has 4 aromatic rings. The predicted molar refractivity (Wildman–Crippen MR) is 111 cm³/mol. The SMILES string of the molecule is CC.Fc1cccc(Oc2ccnc3c2ccn3SCc2ccccc2)c1. The second kappa shape index (κ2) is 9.24. The Hall–Kier alpha value is -2.79. The number of ether oxygens (including phenoxy) is 1. The Morgan fingerprint density at radius 3 is 2.59 bits per heavy atom. The zero-order chi connectivity index (χ0) is 19.1. The fraction of sp³-hybridized carbons (Fsp3) is 0.136. The van der Waals surface area contributed by atoms with Crippen molar-refractivity contribution in [2.24, 2.45) is 0 Å². The maximum atomic E-state index is 13.3. The summed E-state index contributed by atoms with van der Waals surface area (Å²) in [6.07, 6.45) is 3.68. The average Bonchev–Trinajstić information content (AvgIpc) is 3.13. The number of fused-ring (bicyclic) bond motifs is 1. The van der Waals surface area contributed by atoms with Crippen molar-refractivity contribution in [1.29, 1.82) is 0 Å². The Morgan fingerprint density at radius 1 is 1.00 bits per heavy atom. The van der Waals surface area contributed by atoms with Gasteiger partial charge in [0.2, 0.25) is 0 Å². The molecule has 4 rings (SSSR count). The summed E-state index contributed by atoms with van der Waals surface area (Å²) in [5, 5.41) is 0.896. The summed E-state index contributed by atoms with van der Waals surface area (Å²) >= 11 is 1.67. The summed E-state index contributed by atoms with van der Waals surface area (Å²) in [6.45, 7) is 4.00. The molecule has 3 nitrogen and oxygen atoms in total. The summed E-state index contributed by atoms with van der Waals surface area (Å²) < 4.78 is 21.2. The first-order valence-electron chi connectivity index (χ1n) is 8.86. The number of nitrogens with zero attached hydrogens (tertiary/aromatic N) is 2. The zero-order valence-electron chi connectivity index (χ0n) is 15.3. The Balaban J connectivity index is 0.00000102. The van der Waals surface area contributed by atoms with Gasteiger partial charge < -0.3 is 4.74 Å². The van der Waals surface area contributed by atoms with Crippen molar-refractivity contribution >= 4 is 23.0 Å². The molecular weight excluding hydrogens is 359 g/mol. The van der Waals surface area contributed by atoms with Gasteiger partial charge in [0.15, 0.2) is 5.65 Å². The summed E-state index contributed by atoms with van der Waals surface area (Å²) in [5.41, 5.74) is 2.08. The fourth-order valence-electron chi connectivity index (χ4n) is 2.56. The van der Waals surface area contributed by atoms with Crippen LogP contribution in [0.3, 0.4) is 0 Å². The minimum atomic E-state index is -0.321. The first-order chi connectivity index (χ1) is 13.3. The Bertz CT molecular complexity index is 1000. The monoisotopic (exact) mass is 380 g/mol. The zero-order valence-corrected chi connectivity index (χ0v) is 16.1. The molecular formula is C22H21FN2OS. The second-order valence-corrected chi connectivity index (χ2v) is 6.45. The van der Waals surface area contributed by atoms with Gasteiger partial charge in [-0.2, -0.15) is 0 Å². The molecule has 0 aliphatic heterocycles. The van der Waals surface area contributed by atoms with E-state index in [9.17, 15) is 4.39 Å². The lowest BCUT2D eigenvalue weighted by molar-refractivity contribution is 0.481. The van der Waals surface area contributed by atoms with Crippen molar-refractivity contribution in [2.45, 2.75) is 19.6 Å². The van der Waals surface area contributed by atoms with Crippen molar-refractivity contribution < 1.29 is 9.13 Å². The van der Waals surface area contributed by atoms with Gasteiger partial charge in [0.1, 0.15) is 17.3 Å².